The number of Topliss-reactive ketones (excluding diaryl/α,β-unsaturated/α-hetero) is 1. The molecule has 0 saturated carbocycles. The highest BCUT2D eigenvalue weighted by atomic mass is 32.2. The monoisotopic (exact) mass is 242 g/mol. The number of benzene rings is 1. The number of ketones is 1. The predicted molar refractivity (Wildman–Crippen MR) is 56.1 cm³/mol. The Morgan fingerprint density at radius 3 is 2.06 bits per heavy atom. The van der Waals surface area contributed by atoms with Crippen LogP contribution in [0, 0.1) is 0 Å². The molecular formula is C10H10O5S. The molecule has 0 heterocycles. The Labute approximate surface area is 92.6 Å². The Morgan fingerprint density at radius 2 is 1.69 bits per heavy atom. The SMILES string of the molecule is CC(=O)c1ccc(S(=O)(=O)CC(=O)O)cc1. The Balaban J connectivity index is 3.07. The molecule has 0 saturated heterocycles. The highest BCUT2D eigenvalue weighted by Gasteiger charge is 2.18. The maximum Gasteiger partial charge on any atom is 0.319 e. The van der Waals surface area contributed by atoms with E-state index in [1.807, 2.05) is 0 Å². The molecule has 0 aliphatic carbocycles. The maximum atomic E-state index is 11.5. The highest BCUT2D eigenvalue weighted by Crippen LogP contribution is 2.12. The Bertz CT molecular complexity index is 513. The summed E-state index contributed by atoms with van der Waals surface area (Å²) in [7, 11) is -3.81. The highest BCUT2D eigenvalue weighted by molar-refractivity contribution is 7.92. The number of hydrogen-bond acceptors (Lipinski definition) is 4. The summed E-state index contributed by atoms with van der Waals surface area (Å²) in [5.74, 6) is -2.54. The van der Waals surface area contributed by atoms with Crippen LogP contribution >= 0.6 is 0 Å². The first-order chi connectivity index (χ1) is 7.33. The second kappa shape index (κ2) is 4.44. The minimum absolute atomic E-state index is 0.0973. The Morgan fingerprint density at radius 1 is 1.19 bits per heavy atom. The number of carboxylic acid groups (broad SMARTS) is 1. The van der Waals surface area contributed by atoms with Gasteiger partial charge in [0.1, 0.15) is 0 Å². The van der Waals surface area contributed by atoms with E-state index in [4.69, 9.17) is 5.11 Å². The van der Waals surface area contributed by atoms with Crippen molar-refractivity contribution >= 4 is 21.6 Å². The van der Waals surface area contributed by atoms with Gasteiger partial charge in [0.15, 0.2) is 21.4 Å². The van der Waals surface area contributed by atoms with E-state index in [0.29, 0.717) is 5.56 Å². The summed E-state index contributed by atoms with van der Waals surface area (Å²) in [6, 6.07) is 5.18. The topological polar surface area (TPSA) is 88.5 Å². The van der Waals surface area contributed by atoms with Crippen LogP contribution in [0.15, 0.2) is 29.2 Å². The van der Waals surface area contributed by atoms with Gasteiger partial charge in [-0.2, -0.15) is 0 Å². The summed E-state index contributed by atoms with van der Waals surface area (Å²) in [5.41, 5.74) is 0.384. The van der Waals surface area contributed by atoms with Crippen molar-refractivity contribution in [2.24, 2.45) is 0 Å². The lowest BCUT2D eigenvalue weighted by Crippen LogP contribution is -2.15. The lowest BCUT2D eigenvalue weighted by Gasteiger charge is -2.02. The smallest absolute Gasteiger partial charge is 0.319 e. The normalized spacial score (nSPS) is 11.1. The summed E-state index contributed by atoms with van der Waals surface area (Å²) >= 11 is 0. The van der Waals surface area contributed by atoms with Crippen LogP contribution in [0.3, 0.4) is 0 Å². The van der Waals surface area contributed by atoms with Gasteiger partial charge in [0, 0.05) is 5.56 Å². The molecule has 0 radical (unpaired) electrons. The van der Waals surface area contributed by atoms with Crippen LogP contribution in [0.2, 0.25) is 0 Å². The molecule has 16 heavy (non-hydrogen) atoms. The van der Waals surface area contributed by atoms with Crippen molar-refractivity contribution < 1.29 is 23.1 Å². The number of sulfone groups is 1. The van der Waals surface area contributed by atoms with Gasteiger partial charge in [-0.25, -0.2) is 8.42 Å². The van der Waals surface area contributed by atoms with E-state index in [1.54, 1.807) is 0 Å². The van der Waals surface area contributed by atoms with Gasteiger partial charge in [-0.05, 0) is 19.1 Å². The number of carbonyl (C=O) groups is 2. The van der Waals surface area contributed by atoms with E-state index in [1.165, 1.54) is 31.2 Å². The molecule has 5 nitrogen and oxygen atoms in total. The molecule has 0 amide bonds. The Hall–Kier alpha value is -1.69. The van der Waals surface area contributed by atoms with E-state index < -0.39 is 21.6 Å². The molecule has 86 valence electrons. The van der Waals surface area contributed by atoms with Crippen LogP contribution in [-0.4, -0.2) is 31.0 Å². The molecule has 1 N–H and O–H groups in total. The number of rotatable bonds is 4. The van der Waals surface area contributed by atoms with E-state index in [9.17, 15) is 18.0 Å². The third kappa shape index (κ3) is 2.90. The van der Waals surface area contributed by atoms with E-state index in [2.05, 4.69) is 0 Å². The van der Waals surface area contributed by atoms with Gasteiger partial charge in [0.05, 0.1) is 4.90 Å². The zero-order valence-corrected chi connectivity index (χ0v) is 9.32. The Kier molecular flexibility index (Phi) is 3.44. The van der Waals surface area contributed by atoms with Crippen molar-refractivity contribution in [3.05, 3.63) is 29.8 Å². The molecule has 0 aliphatic rings. The fourth-order valence-electron chi connectivity index (χ4n) is 1.14. The maximum absolute atomic E-state index is 11.5. The van der Waals surface area contributed by atoms with Gasteiger partial charge >= 0.3 is 5.97 Å². The first-order valence-electron chi connectivity index (χ1n) is 4.38. The van der Waals surface area contributed by atoms with Crippen molar-refractivity contribution in [3.63, 3.8) is 0 Å². The van der Waals surface area contributed by atoms with Crippen molar-refractivity contribution in [3.8, 4) is 0 Å². The lowest BCUT2D eigenvalue weighted by atomic mass is 10.2. The van der Waals surface area contributed by atoms with Gasteiger partial charge in [-0.1, -0.05) is 12.1 Å². The molecule has 0 aromatic heterocycles. The van der Waals surface area contributed by atoms with Gasteiger partial charge in [-0.15, -0.1) is 0 Å². The van der Waals surface area contributed by atoms with Gasteiger partial charge in [0.2, 0.25) is 0 Å². The van der Waals surface area contributed by atoms with E-state index in [-0.39, 0.29) is 10.7 Å². The van der Waals surface area contributed by atoms with Crippen LogP contribution in [0.25, 0.3) is 0 Å². The fraction of sp³-hybridized carbons (Fsp3) is 0.200. The van der Waals surface area contributed by atoms with Crippen molar-refractivity contribution in [1.82, 2.24) is 0 Å². The molecule has 0 bridgehead atoms. The molecule has 0 atom stereocenters. The van der Waals surface area contributed by atoms with Gasteiger partial charge in [0.25, 0.3) is 0 Å². The first kappa shape index (κ1) is 12.4. The molecular weight excluding hydrogens is 232 g/mol. The molecule has 0 spiro atoms. The zero-order chi connectivity index (χ0) is 12.3. The van der Waals surface area contributed by atoms with Crippen LogP contribution in [0.1, 0.15) is 17.3 Å². The summed E-state index contributed by atoms with van der Waals surface area (Å²) in [6.45, 7) is 1.36. The van der Waals surface area contributed by atoms with Crippen LogP contribution in [0.5, 0.6) is 0 Å². The quantitative estimate of drug-likeness (QED) is 0.787. The van der Waals surface area contributed by atoms with Gasteiger partial charge in [-0.3, -0.25) is 9.59 Å². The molecule has 6 heteroatoms. The third-order valence-corrected chi connectivity index (χ3v) is 3.55. The second-order valence-corrected chi connectivity index (χ2v) is 5.22. The van der Waals surface area contributed by atoms with Crippen molar-refractivity contribution in [1.29, 1.82) is 0 Å². The van der Waals surface area contributed by atoms with Crippen molar-refractivity contribution in [2.75, 3.05) is 5.75 Å². The van der Waals surface area contributed by atoms with Crippen LogP contribution in [0.4, 0.5) is 0 Å². The van der Waals surface area contributed by atoms with Crippen LogP contribution < -0.4 is 0 Å². The molecule has 1 aromatic rings. The number of hydrogen-bond donors (Lipinski definition) is 1. The minimum Gasteiger partial charge on any atom is -0.480 e. The molecule has 1 rings (SSSR count). The summed E-state index contributed by atoms with van der Waals surface area (Å²) < 4.78 is 22.9. The first-order valence-corrected chi connectivity index (χ1v) is 6.04. The van der Waals surface area contributed by atoms with Crippen LogP contribution in [-0.2, 0) is 14.6 Å². The number of carboxylic acids is 1. The largest absolute Gasteiger partial charge is 0.480 e. The van der Waals surface area contributed by atoms with E-state index in [0.717, 1.165) is 0 Å². The summed E-state index contributed by atoms with van der Waals surface area (Å²) in [4.78, 5) is 21.2. The van der Waals surface area contributed by atoms with Gasteiger partial charge < -0.3 is 5.11 Å². The molecule has 0 fully saturated rings. The molecule has 0 unspecified atom stereocenters. The predicted octanol–water partition coefficient (Wildman–Crippen LogP) is 0.748. The summed E-state index contributed by atoms with van der Waals surface area (Å²) in [5, 5.41) is 8.42. The minimum atomic E-state index is -3.81. The third-order valence-electron chi connectivity index (χ3n) is 1.93. The average molecular weight is 242 g/mol. The fourth-order valence-corrected chi connectivity index (χ4v) is 2.19. The van der Waals surface area contributed by atoms with Crippen molar-refractivity contribution in [2.45, 2.75) is 11.8 Å². The van der Waals surface area contributed by atoms with E-state index >= 15 is 0 Å². The molecule has 1 aromatic carbocycles. The average Bonchev–Trinajstić information content (AvgIpc) is 2.16. The standard InChI is InChI=1S/C10H10O5S/c1-7(11)8-2-4-9(5-3-8)16(14,15)6-10(12)13/h2-5H,6H2,1H3,(H,12,13). The zero-order valence-electron chi connectivity index (χ0n) is 8.50. The number of aliphatic carboxylic acids is 1. The summed E-state index contributed by atoms with van der Waals surface area (Å²) in [6.07, 6.45) is 0. The number of carbonyl (C=O) groups excluding carboxylic acids is 1. The second-order valence-electron chi connectivity index (χ2n) is 3.23. The molecule has 0 aliphatic heterocycles. The lowest BCUT2D eigenvalue weighted by molar-refractivity contribution is -0.134.